The molecule has 3 aromatic heterocycles. The van der Waals surface area contributed by atoms with E-state index in [-0.39, 0.29) is 36.0 Å². The SMILES string of the molecule is [2H]C([2H])([2H])n1cc(Nc2ncc3cc(C#N)n([C@H]4COC[C@@H]4C)c3n2)c(O[C@H]2CO[C@H]2C)n1. The summed E-state index contributed by atoms with van der Waals surface area (Å²) in [6.07, 6.45) is 2.62. The van der Waals surface area contributed by atoms with Crippen molar-refractivity contribution >= 4 is 22.7 Å². The van der Waals surface area contributed by atoms with Gasteiger partial charge < -0.3 is 24.1 Å². The van der Waals surface area contributed by atoms with Crippen molar-refractivity contribution in [2.45, 2.75) is 32.1 Å². The number of anilines is 2. The van der Waals surface area contributed by atoms with Gasteiger partial charge in [-0.15, -0.1) is 5.10 Å². The highest BCUT2D eigenvalue weighted by atomic mass is 16.6. The highest BCUT2D eigenvalue weighted by Gasteiger charge is 2.32. The van der Waals surface area contributed by atoms with E-state index in [1.807, 2.05) is 11.5 Å². The lowest BCUT2D eigenvalue weighted by atomic mass is 10.1. The number of nitrogens with one attached hydrogen (secondary N) is 1. The average molecular weight is 412 g/mol. The Morgan fingerprint density at radius 3 is 2.93 bits per heavy atom. The molecule has 156 valence electrons. The molecular weight excluding hydrogens is 386 g/mol. The molecule has 0 spiro atoms. The molecule has 0 aliphatic carbocycles. The molecule has 30 heavy (non-hydrogen) atoms. The van der Waals surface area contributed by atoms with Crippen LogP contribution in [-0.2, 0) is 16.4 Å². The molecule has 2 fully saturated rings. The molecule has 1 N–H and O–H groups in total. The van der Waals surface area contributed by atoms with Crippen LogP contribution in [0.25, 0.3) is 11.0 Å². The summed E-state index contributed by atoms with van der Waals surface area (Å²) in [4.78, 5) is 8.98. The number of hydrogen-bond donors (Lipinski definition) is 1. The van der Waals surface area contributed by atoms with Gasteiger partial charge in [0.25, 0.3) is 5.88 Å². The number of rotatable bonds is 5. The van der Waals surface area contributed by atoms with Gasteiger partial charge in [-0.25, -0.2) is 4.98 Å². The summed E-state index contributed by atoms with van der Waals surface area (Å²) in [6, 6.07) is 3.97. The third kappa shape index (κ3) is 3.16. The van der Waals surface area contributed by atoms with Crippen LogP contribution in [0.5, 0.6) is 5.88 Å². The molecule has 5 rings (SSSR count). The molecular formula is C20H23N7O3. The maximum absolute atomic E-state index is 9.65. The van der Waals surface area contributed by atoms with Crippen molar-refractivity contribution in [3.05, 3.63) is 24.2 Å². The largest absolute Gasteiger partial charge is 0.467 e. The first kappa shape index (κ1) is 15.6. The monoisotopic (exact) mass is 412 g/mol. The van der Waals surface area contributed by atoms with Crippen molar-refractivity contribution in [1.82, 2.24) is 24.3 Å². The summed E-state index contributed by atoms with van der Waals surface area (Å²) in [5.41, 5.74) is 1.40. The molecule has 5 heterocycles. The van der Waals surface area contributed by atoms with E-state index in [2.05, 4.69) is 33.4 Å². The quantitative estimate of drug-likeness (QED) is 0.678. The lowest BCUT2D eigenvalue weighted by Gasteiger charge is -2.33. The molecule has 3 aromatic rings. The van der Waals surface area contributed by atoms with Gasteiger partial charge in [-0.3, -0.25) is 4.68 Å². The van der Waals surface area contributed by atoms with Crippen LogP contribution in [0, 0.1) is 17.2 Å². The van der Waals surface area contributed by atoms with Gasteiger partial charge in [-0.1, -0.05) is 6.92 Å². The Morgan fingerprint density at radius 2 is 2.27 bits per heavy atom. The zero-order valence-corrected chi connectivity index (χ0v) is 16.6. The fourth-order valence-corrected chi connectivity index (χ4v) is 3.76. The normalized spacial score (nSPS) is 27.7. The first-order chi connectivity index (χ1) is 15.7. The Balaban J connectivity index is 1.51. The van der Waals surface area contributed by atoms with Crippen LogP contribution in [0.4, 0.5) is 11.6 Å². The van der Waals surface area contributed by atoms with Gasteiger partial charge in [0.15, 0.2) is 0 Å². The Hall–Kier alpha value is -3.16. The minimum absolute atomic E-state index is 0.0165. The average Bonchev–Trinajstić information content (AvgIpc) is 3.46. The second-order valence-corrected chi connectivity index (χ2v) is 7.68. The molecule has 0 amide bonds. The topological polar surface area (TPSA) is 112 Å². The van der Waals surface area contributed by atoms with E-state index in [9.17, 15) is 5.26 Å². The lowest BCUT2D eigenvalue weighted by Crippen LogP contribution is -2.46. The third-order valence-corrected chi connectivity index (χ3v) is 5.59. The molecule has 2 aliphatic heterocycles. The number of aromatic nitrogens is 5. The second-order valence-electron chi connectivity index (χ2n) is 7.68. The smallest absolute Gasteiger partial charge is 0.257 e. The van der Waals surface area contributed by atoms with Crippen LogP contribution in [-0.4, -0.2) is 56.3 Å². The first-order valence-electron chi connectivity index (χ1n) is 11.3. The van der Waals surface area contributed by atoms with Gasteiger partial charge >= 0.3 is 0 Å². The summed E-state index contributed by atoms with van der Waals surface area (Å²) in [6.45, 7) is 2.98. The van der Waals surface area contributed by atoms with Crippen LogP contribution in [0.3, 0.4) is 0 Å². The standard InChI is InChI=1S/C20H23N7O3/c1-11-8-28-9-16(11)27-14(5-21)4-13-6-22-20(24-18(13)27)23-15-7-26(3)25-19(15)30-17-10-29-12(17)2/h4,6-7,11-12,16-17H,8-10H2,1-3H3,(H,22,23,24)/t11-,12-,16-,17-/m0/s1/i3D3. The molecule has 0 bridgehead atoms. The lowest BCUT2D eigenvalue weighted by molar-refractivity contribution is -0.140. The van der Waals surface area contributed by atoms with Crippen molar-refractivity contribution < 1.29 is 18.3 Å². The summed E-state index contributed by atoms with van der Waals surface area (Å²) < 4.78 is 42.6. The van der Waals surface area contributed by atoms with Crippen molar-refractivity contribution in [1.29, 1.82) is 5.26 Å². The second kappa shape index (κ2) is 7.27. The number of nitriles is 1. The third-order valence-electron chi connectivity index (χ3n) is 5.59. The van der Waals surface area contributed by atoms with Crippen LogP contribution >= 0.6 is 0 Å². The molecule has 2 saturated heterocycles. The van der Waals surface area contributed by atoms with E-state index in [0.717, 1.165) is 10.1 Å². The van der Waals surface area contributed by atoms with Gasteiger partial charge in [-0.2, -0.15) is 10.2 Å². The van der Waals surface area contributed by atoms with Crippen LogP contribution in [0.1, 0.15) is 29.7 Å². The number of nitrogens with zero attached hydrogens (tertiary/aromatic N) is 6. The maximum Gasteiger partial charge on any atom is 0.257 e. The Morgan fingerprint density at radius 1 is 1.37 bits per heavy atom. The number of hydrogen-bond acceptors (Lipinski definition) is 8. The highest BCUT2D eigenvalue weighted by molar-refractivity contribution is 5.79. The predicted octanol–water partition coefficient (Wildman–Crippen LogP) is 2.15. The summed E-state index contributed by atoms with van der Waals surface area (Å²) >= 11 is 0. The minimum Gasteiger partial charge on any atom is -0.467 e. The Bertz CT molecular complexity index is 1230. The Labute approximate surface area is 177 Å². The minimum atomic E-state index is -2.47. The van der Waals surface area contributed by atoms with E-state index in [4.69, 9.17) is 18.3 Å². The first-order valence-corrected chi connectivity index (χ1v) is 9.76. The van der Waals surface area contributed by atoms with Crippen molar-refractivity contribution in [3.63, 3.8) is 0 Å². The van der Waals surface area contributed by atoms with E-state index in [1.165, 1.54) is 6.20 Å². The zero-order chi connectivity index (χ0) is 23.3. The zero-order valence-electron chi connectivity index (χ0n) is 19.6. The van der Waals surface area contributed by atoms with E-state index >= 15 is 0 Å². The van der Waals surface area contributed by atoms with Crippen molar-refractivity contribution in [2.75, 3.05) is 25.1 Å². The molecule has 0 radical (unpaired) electrons. The molecule has 0 unspecified atom stereocenters. The fraction of sp³-hybridized carbons (Fsp3) is 0.500. The van der Waals surface area contributed by atoms with Crippen LogP contribution in [0.15, 0.2) is 18.5 Å². The number of aryl methyl sites for hydroxylation is 1. The van der Waals surface area contributed by atoms with Gasteiger partial charge in [0.05, 0.1) is 38.2 Å². The highest BCUT2D eigenvalue weighted by Crippen LogP contribution is 2.33. The van der Waals surface area contributed by atoms with Crippen LogP contribution < -0.4 is 10.1 Å². The van der Waals surface area contributed by atoms with Gasteiger partial charge in [0.1, 0.15) is 29.2 Å². The molecule has 10 nitrogen and oxygen atoms in total. The summed E-state index contributed by atoms with van der Waals surface area (Å²) in [7, 11) is 0. The predicted molar refractivity (Wildman–Crippen MR) is 108 cm³/mol. The fourth-order valence-electron chi connectivity index (χ4n) is 3.76. The number of fused-ring (bicyclic) bond motifs is 1. The van der Waals surface area contributed by atoms with Gasteiger partial charge in [-0.05, 0) is 13.0 Å². The van der Waals surface area contributed by atoms with E-state index in [1.54, 1.807) is 12.3 Å². The van der Waals surface area contributed by atoms with Gasteiger partial charge in [0.2, 0.25) is 5.95 Å². The summed E-state index contributed by atoms with van der Waals surface area (Å²) in [5.74, 6) is 0.579. The van der Waals surface area contributed by atoms with E-state index in [0.29, 0.717) is 36.8 Å². The van der Waals surface area contributed by atoms with E-state index < -0.39 is 6.98 Å². The molecule has 4 atom stereocenters. The molecule has 10 heteroatoms. The van der Waals surface area contributed by atoms with Crippen molar-refractivity contribution in [2.24, 2.45) is 12.9 Å². The maximum atomic E-state index is 9.65. The molecule has 0 saturated carbocycles. The summed E-state index contributed by atoms with van der Waals surface area (Å²) in [5, 5.41) is 17.5. The van der Waals surface area contributed by atoms with Crippen LogP contribution in [0.2, 0.25) is 0 Å². The van der Waals surface area contributed by atoms with Gasteiger partial charge in [0, 0.05) is 28.6 Å². The Kier molecular flexibility index (Phi) is 3.79. The van der Waals surface area contributed by atoms with Crippen molar-refractivity contribution in [3.8, 4) is 11.9 Å². The number of ether oxygens (including phenoxy) is 3. The molecule has 0 aromatic carbocycles. The molecule has 2 aliphatic rings.